The quantitative estimate of drug-likeness (QED) is 0.669. The molecule has 110 valence electrons. The summed E-state index contributed by atoms with van der Waals surface area (Å²) in [6.45, 7) is 0.717. The number of halogens is 2. The minimum Gasteiger partial charge on any atom is -0.513 e. The molecule has 0 radical (unpaired) electrons. The van der Waals surface area contributed by atoms with E-state index in [9.17, 15) is 13.6 Å². The molecule has 3 N–H and O–H groups in total. The number of alkyl halides is 2. The number of hydrogen-bond donors (Lipinski definition) is 3. The summed E-state index contributed by atoms with van der Waals surface area (Å²) >= 11 is 0. The van der Waals surface area contributed by atoms with Crippen LogP contribution in [0.4, 0.5) is 13.6 Å². The molecule has 1 rings (SSSR count). The molecule has 1 heterocycles. The number of aliphatic hydroxyl groups excluding tert-OH is 1. The van der Waals surface area contributed by atoms with Gasteiger partial charge in [-0.05, 0) is 11.6 Å². The fraction of sp³-hybridized carbons (Fsp3) is 0.333. The van der Waals surface area contributed by atoms with Gasteiger partial charge in [-0.15, -0.1) is 0 Å². The summed E-state index contributed by atoms with van der Waals surface area (Å²) in [7, 11) is 0. The van der Waals surface area contributed by atoms with E-state index < -0.39 is 12.6 Å². The number of rotatable bonds is 7. The van der Waals surface area contributed by atoms with E-state index in [1.54, 1.807) is 6.07 Å². The SMILES string of the molecule is C=C(O)CCNC(=O)NCc1ccnc(OC(F)F)c1. The summed E-state index contributed by atoms with van der Waals surface area (Å²) in [6.07, 6.45) is 1.57. The van der Waals surface area contributed by atoms with E-state index in [0.29, 0.717) is 5.56 Å². The van der Waals surface area contributed by atoms with Crippen LogP contribution in [0.5, 0.6) is 5.88 Å². The lowest BCUT2D eigenvalue weighted by Crippen LogP contribution is -2.35. The molecule has 1 aromatic heterocycles. The third-order valence-electron chi connectivity index (χ3n) is 2.16. The standard InChI is InChI=1S/C12H15F2N3O3/c1-8(18)2-4-16-12(19)17-7-9-3-5-15-10(6-9)20-11(13)14/h3,5-6,11,18H,1-2,4,7H2,(H2,16,17,19). The predicted octanol–water partition coefficient (Wildman–Crippen LogP) is 1.94. The minimum atomic E-state index is -2.94. The number of nitrogens with zero attached hydrogens (tertiary/aromatic N) is 1. The lowest BCUT2D eigenvalue weighted by Gasteiger charge is -2.08. The molecule has 6 nitrogen and oxygen atoms in total. The number of nitrogens with one attached hydrogen (secondary N) is 2. The van der Waals surface area contributed by atoms with Crippen molar-refractivity contribution in [1.29, 1.82) is 0 Å². The Balaban J connectivity index is 2.37. The first-order chi connectivity index (χ1) is 9.47. The Morgan fingerprint density at radius 2 is 2.25 bits per heavy atom. The summed E-state index contributed by atoms with van der Waals surface area (Å²) in [6, 6.07) is 2.43. The molecule has 0 fully saturated rings. The molecule has 2 amide bonds. The lowest BCUT2D eigenvalue weighted by molar-refractivity contribution is -0.0529. The Morgan fingerprint density at radius 1 is 1.50 bits per heavy atom. The fourth-order valence-electron chi connectivity index (χ4n) is 1.28. The molecule has 0 aliphatic heterocycles. The molecule has 20 heavy (non-hydrogen) atoms. The van der Waals surface area contributed by atoms with Gasteiger partial charge in [-0.2, -0.15) is 8.78 Å². The topological polar surface area (TPSA) is 83.5 Å². The van der Waals surface area contributed by atoms with Gasteiger partial charge in [-0.1, -0.05) is 6.58 Å². The van der Waals surface area contributed by atoms with Crippen LogP contribution in [0.1, 0.15) is 12.0 Å². The normalized spacial score (nSPS) is 10.2. The van der Waals surface area contributed by atoms with E-state index in [1.165, 1.54) is 12.3 Å². The highest BCUT2D eigenvalue weighted by atomic mass is 19.3. The Bertz CT molecular complexity index is 469. The number of aromatic nitrogens is 1. The maximum atomic E-state index is 12.0. The predicted molar refractivity (Wildman–Crippen MR) is 67.5 cm³/mol. The van der Waals surface area contributed by atoms with Crippen molar-refractivity contribution < 1.29 is 23.4 Å². The van der Waals surface area contributed by atoms with Crippen molar-refractivity contribution in [3.63, 3.8) is 0 Å². The van der Waals surface area contributed by atoms with Gasteiger partial charge in [-0.25, -0.2) is 9.78 Å². The molecule has 0 aliphatic rings. The van der Waals surface area contributed by atoms with E-state index in [0.717, 1.165) is 0 Å². The Morgan fingerprint density at radius 3 is 2.90 bits per heavy atom. The number of amides is 2. The van der Waals surface area contributed by atoms with Crippen LogP contribution in [0.2, 0.25) is 0 Å². The van der Waals surface area contributed by atoms with Crippen LogP contribution in [-0.4, -0.2) is 29.3 Å². The van der Waals surface area contributed by atoms with E-state index >= 15 is 0 Å². The maximum Gasteiger partial charge on any atom is 0.388 e. The zero-order valence-corrected chi connectivity index (χ0v) is 10.6. The van der Waals surface area contributed by atoms with Gasteiger partial charge in [-0.3, -0.25) is 0 Å². The van der Waals surface area contributed by atoms with Crippen molar-refractivity contribution in [2.24, 2.45) is 0 Å². The third kappa shape index (κ3) is 6.53. The average molecular weight is 287 g/mol. The van der Waals surface area contributed by atoms with Crippen LogP contribution in [-0.2, 0) is 6.54 Å². The number of pyridine rings is 1. The smallest absolute Gasteiger partial charge is 0.388 e. The molecule has 0 saturated carbocycles. The number of hydrogen-bond acceptors (Lipinski definition) is 4. The molecule has 0 spiro atoms. The zero-order chi connectivity index (χ0) is 15.0. The first-order valence-corrected chi connectivity index (χ1v) is 5.75. The third-order valence-corrected chi connectivity index (χ3v) is 2.16. The molecule has 0 bridgehead atoms. The van der Waals surface area contributed by atoms with Crippen molar-refractivity contribution in [2.45, 2.75) is 19.6 Å². The Labute approximate surface area is 114 Å². The second-order valence-electron chi connectivity index (χ2n) is 3.81. The molecule has 0 unspecified atom stereocenters. The first-order valence-electron chi connectivity index (χ1n) is 5.75. The van der Waals surface area contributed by atoms with Crippen LogP contribution >= 0.6 is 0 Å². The first kappa shape index (κ1) is 15.7. The van der Waals surface area contributed by atoms with E-state index in [-0.39, 0.29) is 31.1 Å². The van der Waals surface area contributed by atoms with Crippen LogP contribution in [0, 0.1) is 0 Å². The van der Waals surface area contributed by atoms with Gasteiger partial charge in [0.1, 0.15) is 0 Å². The average Bonchev–Trinajstić information content (AvgIpc) is 2.35. The highest BCUT2D eigenvalue weighted by Crippen LogP contribution is 2.11. The summed E-state index contributed by atoms with van der Waals surface area (Å²) in [5.41, 5.74) is 0.567. The van der Waals surface area contributed by atoms with Gasteiger partial charge in [0, 0.05) is 31.8 Å². The van der Waals surface area contributed by atoms with Crippen LogP contribution in [0.15, 0.2) is 30.7 Å². The van der Waals surface area contributed by atoms with Crippen molar-refractivity contribution in [3.05, 3.63) is 36.2 Å². The minimum absolute atomic E-state index is 0.0202. The molecular formula is C12H15F2N3O3. The van der Waals surface area contributed by atoms with Gasteiger partial charge in [0.15, 0.2) is 0 Å². The Hall–Kier alpha value is -2.38. The number of ether oxygens (including phenoxy) is 1. The van der Waals surface area contributed by atoms with Crippen molar-refractivity contribution in [3.8, 4) is 5.88 Å². The number of aliphatic hydroxyl groups is 1. The summed E-state index contributed by atoms with van der Waals surface area (Å²) < 4.78 is 28.1. The summed E-state index contributed by atoms with van der Waals surface area (Å²) in [4.78, 5) is 15.0. The summed E-state index contributed by atoms with van der Waals surface area (Å²) in [5.74, 6) is -0.232. The second kappa shape index (κ2) is 7.93. The molecule has 0 aliphatic carbocycles. The van der Waals surface area contributed by atoms with Gasteiger partial charge >= 0.3 is 12.6 Å². The summed E-state index contributed by atoms with van der Waals surface area (Å²) in [5, 5.41) is 13.8. The Kier molecular flexibility index (Phi) is 6.21. The van der Waals surface area contributed by atoms with Gasteiger partial charge in [0.25, 0.3) is 0 Å². The van der Waals surface area contributed by atoms with E-state index in [1.807, 2.05) is 0 Å². The lowest BCUT2D eigenvalue weighted by atomic mass is 10.2. The van der Waals surface area contributed by atoms with Crippen LogP contribution in [0.3, 0.4) is 0 Å². The van der Waals surface area contributed by atoms with Gasteiger partial charge in [0.05, 0.1) is 5.76 Å². The van der Waals surface area contributed by atoms with E-state index in [4.69, 9.17) is 5.11 Å². The molecule has 0 saturated heterocycles. The largest absolute Gasteiger partial charge is 0.513 e. The van der Waals surface area contributed by atoms with Crippen molar-refractivity contribution in [2.75, 3.05) is 6.54 Å². The van der Waals surface area contributed by atoms with Gasteiger partial charge in [0.2, 0.25) is 5.88 Å². The monoisotopic (exact) mass is 287 g/mol. The van der Waals surface area contributed by atoms with Crippen LogP contribution < -0.4 is 15.4 Å². The zero-order valence-electron chi connectivity index (χ0n) is 10.6. The molecule has 0 aromatic carbocycles. The number of carbonyl (C=O) groups excluding carboxylic acids is 1. The molecule has 8 heteroatoms. The fourth-order valence-corrected chi connectivity index (χ4v) is 1.28. The molecular weight excluding hydrogens is 272 g/mol. The van der Waals surface area contributed by atoms with Crippen molar-refractivity contribution >= 4 is 6.03 Å². The number of urea groups is 1. The van der Waals surface area contributed by atoms with Crippen molar-refractivity contribution in [1.82, 2.24) is 15.6 Å². The number of carbonyl (C=O) groups is 1. The maximum absolute atomic E-state index is 12.0. The van der Waals surface area contributed by atoms with E-state index in [2.05, 4.69) is 26.9 Å². The second-order valence-corrected chi connectivity index (χ2v) is 3.81. The molecule has 0 atom stereocenters. The highest BCUT2D eigenvalue weighted by Gasteiger charge is 2.06. The van der Waals surface area contributed by atoms with Gasteiger partial charge < -0.3 is 20.5 Å². The molecule has 1 aromatic rings. The van der Waals surface area contributed by atoms with Crippen LogP contribution in [0.25, 0.3) is 0 Å². The highest BCUT2D eigenvalue weighted by molar-refractivity contribution is 5.73.